The summed E-state index contributed by atoms with van der Waals surface area (Å²) in [5, 5.41) is 8.61. The van der Waals surface area contributed by atoms with Gasteiger partial charge in [-0.15, -0.1) is 5.10 Å². The summed E-state index contributed by atoms with van der Waals surface area (Å²) in [6.07, 6.45) is 6.74. The molecule has 1 aliphatic heterocycles. The average molecular weight is 319 g/mol. The topological polar surface area (TPSA) is 51.0 Å². The van der Waals surface area contributed by atoms with Gasteiger partial charge in [0.25, 0.3) is 0 Å². The summed E-state index contributed by atoms with van der Waals surface area (Å²) in [6, 6.07) is 8.06. The third kappa shape index (κ3) is 3.65. The van der Waals surface area contributed by atoms with E-state index in [1.165, 1.54) is 0 Å². The fraction of sp³-hybridized carbons (Fsp3) is 0.438. The van der Waals surface area contributed by atoms with Crippen LogP contribution in [0.2, 0.25) is 5.02 Å². The van der Waals surface area contributed by atoms with E-state index >= 15 is 0 Å². The predicted octanol–water partition coefficient (Wildman–Crippen LogP) is 2.73. The quantitative estimate of drug-likeness (QED) is 0.871. The van der Waals surface area contributed by atoms with Gasteiger partial charge < -0.3 is 4.90 Å². The summed E-state index contributed by atoms with van der Waals surface area (Å²) in [7, 11) is 0. The van der Waals surface area contributed by atoms with Crippen molar-refractivity contribution in [3.63, 3.8) is 0 Å². The summed E-state index contributed by atoms with van der Waals surface area (Å²) in [5.74, 6) is 0.219. The molecule has 0 atom stereocenters. The van der Waals surface area contributed by atoms with Crippen LogP contribution in [-0.4, -0.2) is 38.9 Å². The van der Waals surface area contributed by atoms with Crippen LogP contribution in [0.15, 0.2) is 36.7 Å². The summed E-state index contributed by atoms with van der Waals surface area (Å²) in [5.41, 5.74) is 1.11. The summed E-state index contributed by atoms with van der Waals surface area (Å²) >= 11 is 5.97. The molecule has 3 rings (SSSR count). The molecule has 5 nitrogen and oxygen atoms in total. The van der Waals surface area contributed by atoms with Gasteiger partial charge in [0.2, 0.25) is 5.91 Å². The predicted molar refractivity (Wildman–Crippen MR) is 84.6 cm³/mol. The molecule has 1 aromatic heterocycles. The Morgan fingerprint density at radius 2 is 2.14 bits per heavy atom. The van der Waals surface area contributed by atoms with Crippen molar-refractivity contribution in [3.8, 4) is 0 Å². The first kappa shape index (κ1) is 15.0. The van der Waals surface area contributed by atoms with Gasteiger partial charge in [0.15, 0.2) is 0 Å². The molecule has 6 heteroatoms. The molecule has 0 spiro atoms. The normalized spacial score (nSPS) is 16.0. The lowest BCUT2D eigenvalue weighted by Crippen LogP contribution is -2.39. The molecule has 0 radical (unpaired) electrons. The zero-order valence-corrected chi connectivity index (χ0v) is 13.1. The Hall–Kier alpha value is -1.88. The standard InChI is InChI=1S/C16H19ClN4O/c17-14-3-1-2-13(12-14)4-5-16(22)20-9-6-15(7-10-20)21-11-8-18-19-21/h1-3,8,11-12,15H,4-7,9-10H2. The molecule has 0 saturated carbocycles. The Balaban J connectivity index is 1.48. The van der Waals surface area contributed by atoms with Gasteiger partial charge in [-0.2, -0.15) is 0 Å². The highest BCUT2D eigenvalue weighted by molar-refractivity contribution is 6.30. The van der Waals surface area contributed by atoms with Crippen LogP contribution >= 0.6 is 11.6 Å². The molecule has 1 aliphatic rings. The molecule has 22 heavy (non-hydrogen) atoms. The number of carbonyl (C=O) groups is 1. The van der Waals surface area contributed by atoms with E-state index in [1.807, 2.05) is 40.0 Å². The van der Waals surface area contributed by atoms with E-state index in [0.717, 1.165) is 42.9 Å². The van der Waals surface area contributed by atoms with E-state index in [1.54, 1.807) is 6.20 Å². The summed E-state index contributed by atoms with van der Waals surface area (Å²) in [4.78, 5) is 14.3. The maximum Gasteiger partial charge on any atom is 0.222 e. The lowest BCUT2D eigenvalue weighted by Gasteiger charge is -2.32. The molecule has 1 saturated heterocycles. The monoisotopic (exact) mass is 318 g/mol. The highest BCUT2D eigenvalue weighted by Crippen LogP contribution is 2.22. The number of likely N-dealkylation sites (tertiary alicyclic amines) is 1. The molecule has 1 aromatic carbocycles. The molecule has 0 N–H and O–H groups in total. The first-order chi connectivity index (χ1) is 10.7. The molecule has 0 bridgehead atoms. The highest BCUT2D eigenvalue weighted by atomic mass is 35.5. The maximum atomic E-state index is 12.3. The summed E-state index contributed by atoms with van der Waals surface area (Å²) < 4.78 is 1.90. The molecule has 0 aliphatic carbocycles. The second-order valence-corrected chi connectivity index (χ2v) is 6.06. The number of aryl methyl sites for hydroxylation is 1. The van der Waals surface area contributed by atoms with Gasteiger partial charge >= 0.3 is 0 Å². The van der Waals surface area contributed by atoms with Gasteiger partial charge in [-0.1, -0.05) is 28.9 Å². The number of hydrogen-bond acceptors (Lipinski definition) is 3. The number of carbonyl (C=O) groups excluding carboxylic acids is 1. The van der Waals surface area contributed by atoms with Crippen LogP contribution in [0.4, 0.5) is 0 Å². The minimum absolute atomic E-state index is 0.219. The Morgan fingerprint density at radius 3 is 2.82 bits per heavy atom. The minimum Gasteiger partial charge on any atom is -0.343 e. The van der Waals surface area contributed by atoms with Crippen molar-refractivity contribution < 1.29 is 4.79 Å². The van der Waals surface area contributed by atoms with E-state index in [9.17, 15) is 4.79 Å². The van der Waals surface area contributed by atoms with E-state index in [-0.39, 0.29) is 5.91 Å². The number of halogens is 1. The largest absolute Gasteiger partial charge is 0.343 e. The number of piperidine rings is 1. The van der Waals surface area contributed by atoms with Crippen LogP contribution in [0.5, 0.6) is 0 Å². The Kier molecular flexibility index (Phi) is 4.73. The maximum absolute atomic E-state index is 12.3. The molecule has 2 heterocycles. The van der Waals surface area contributed by atoms with Crippen molar-refractivity contribution in [3.05, 3.63) is 47.2 Å². The first-order valence-electron chi connectivity index (χ1n) is 7.60. The molecule has 116 valence electrons. The van der Waals surface area contributed by atoms with Crippen LogP contribution in [0.3, 0.4) is 0 Å². The van der Waals surface area contributed by atoms with Crippen molar-refractivity contribution in [2.75, 3.05) is 13.1 Å². The van der Waals surface area contributed by atoms with E-state index in [0.29, 0.717) is 12.5 Å². The smallest absolute Gasteiger partial charge is 0.222 e. The van der Waals surface area contributed by atoms with Crippen LogP contribution in [0.1, 0.15) is 30.9 Å². The van der Waals surface area contributed by atoms with Gasteiger partial charge in [0.05, 0.1) is 12.2 Å². The van der Waals surface area contributed by atoms with E-state index < -0.39 is 0 Å². The van der Waals surface area contributed by atoms with Crippen LogP contribution in [0, 0.1) is 0 Å². The Morgan fingerprint density at radius 1 is 1.32 bits per heavy atom. The fourth-order valence-electron chi connectivity index (χ4n) is 2.89. The van der Waals surface area contributed by atoms with Crippen molar-refractivity contribution in [2.24, 2.45) is 0 Å². The summed E-state index contributed by atoms with van der Waals surface area (Å²) in [6.45, 7) is 1.58. The van der Waals surface area contributed by atoms with Crippen molar-refractivity contribution in [1.82, 2.24) is 19.9 Å². The molecule has 1 amide bonds. The first-order valence-corrected chi connectivity index (χ1v) is 7.98. The van der Waals surface area contributed by atoms with Gasteiger partial charge in [-0.05, 0) is 37.0 Å². The van der Waals surface area contributed by atoms with Crippen LogP contribution in [-0.2, 0) is 11.2 Å². The zero-order chi connectivity index (χ0) is 15.4. The number of amides is 1. The highest BCUT2D eigenvalue weighted by Gasteiger charge is 2.23. The fourth-order valence-corrected chi connectivity index (χ4v) is 3.11. The lowest BCUT2D eigenvalue weighted by atomic mass is 10.0. The van der Waals surface area contributed by atoms with Crippen molar-refractivity contribution in [2.45, 2.75) is 31.7 Å². The lowest BCUT2D eigenvalue weighted by molar-refractivity contribution is -0.132. The third-order valence-electron chi connectivity index (χ3n) is 4.15. The number of nitrogens with zero attached hydrogens (tertiary/aromatic N) is 4. The second-order valence-electron chi connectivity index (χ2n) is 5.62. The van der Waals surface area contributed by atoms with Crippen LogP contribution in [0.25, 0.3) is 0 Å². The van der Waals surface area contributed by atoms with Crippen molar-refractivity contribution in [1.29, 1.82) is 0 Å². The minimum atomic E-state index is 0.219. The molecule has 2 aromatic rings. The number of rotatable bonds is 4. The number of hydrogen-bond donors (Lipinski definition) is 0. The van der Waals surface area contributed by atoms with Gasteiger partial charge in [0, 0.05) is 30.7 Å². The molecule has 1 fully saturated rings. The van der Waals surface area contributed by atoms with Gasteiger partial charge in [-0.3, -0.25) is 4.79 Å². The molecule has 0 unspecified atom stereocenters. The van der Waals surface area contributed by atoms with Crippen LogP contribution < -0.4 is 0 Å². The number of benzene rings is 1. The zero-order valence-electron chi connectivity index (χ0n) is 12.4. The average Bonchev–Trinajstić information content (AvgIpc) is 3.07. The molecular formula is C16H19ClN4O. The van der Waals surface area contributed by atoms with Crippen molar-refractivity contribution >= 4 is 17.5 Å². The Bertz CT molecular complexity index is 621. The third-order valence-corrected chi connectivity index (χ3v) is 4.38. The second kappa shape index (κ2) is 6.92. The van der Waals surface area contributed by atoms with Gasteiger partial charge in [-0.25, -0.2) is 4.68 Å². The molecular weight excluding hydrogens is 300 g/mol. The van der Waals surface area contributed by atoms with Gasteiger partial charge in [0.1, 0.15) is 0 Å². The van der Waals surface area contributed by atoms with E-state index in [2.05, 4.69) is 10.3 Å². The number of aromatic nitrogens is 3. The van der Waals surface area contributed by atoms with E-state index in [4.69, 9.17) is 11.6 Å². The SMILES string of the molecule is O=C(CCc1cccc(Cl)c1)N1CCC(n2ccnn2)CC1. The Labute approximate surface area is 134 Å².